The fourth-order valence-electron chi connectivity index (χ4n) is 1.02. The molecule has 0 aliphatic heterocycles. The Morgan fingerprint density at radius 3 is 2.44 bits per heavy atom. The molecule has 0 amide bonds. The Morgan fingerprint density at radius 2 is 2.00 bits per heavy atom. The summed E-state index contributed by atoms with van der Waals surface area (Å²) < 4.78 is 36.1. The van der Waals surface area contributed by atoms with Crippen LogP contribution in [0.15, 0.2) is 12.3 Å². The van der Waals surface area contributed by atoms with Gasteiger partial charge in [0.1, 0.15) is 13.3 Å². The number of nitrogens with two attached hydrogens (primary N) is 1. The van der Waals surface area contributed by atoms with Crippen molar-refractivity contribution >= 4 is 0 Å². The van der Waals surface area contributed by atoms with Crippen molar-refractivity contribution < 1.29 is 17.9 Å². The van der Waals surface area contributed by atoms with Crippen LogP contribution in [0.4, 0.5) is 13.2 Å². The molecule has 0 aliphatic carbocycles. The van der Waals surface area contributed by atoms with E-state index < -0.39 is 13.6 Å². The predicted octanol–water partition coefficient (Wildman–Crippen LogP) is 2.08. The Hall–Kier alpha value is -1.30. The molecule has 0 spiro atoms. The van der Waals surface area contributed by atoms with E-state index in [-0.39, 0.29) is 6.61 Å². The van der Waals surface area contributed by atoms with Crippen molar-refractivity contribution in [1.82, 2.24) is 4.98 Å². The second kappa shape index (κ2) is 8.96. The summed E-state index contributed by atoms with van der Waals surface area (Å²) in [6.07, 6.45) is 1.64. The largest absolute Gasteiger partial charge is 0.475 e. The number of ether oxygens (including phenoxy) is 1. The van der Waals surface area contributed by atoms with E-state index in [9.17, 15) is 13.2 Å². The van der Waals surface area contributed by atoms with E-state index in [2.05, 4.69) is 4.98 Å². The molecule has 2 N–H and O–H groups in total. The van der Waals surface area contributed by atoms with Crippen LogP contribution in [-0.2, 0) is 6.54 Å². The van der Waals surface area contributed by atoms with E-state index in [0.717, 1.165) is 11.1 Å². The van der Waals surface area contributed by atoms with Gasteiger partial charge in [-0.1, -0.05) is 0 Å². The van der Waals surface area contributed by atoms with Crippen molar-refractivity contribution in [2.45, 2.75) is 13.5 Å². The number of hydrogen-bond donors (Lipinski definition) is 1. The number of hydrogen-bond acceptors (Lipinski definition) is 3. The van der Waals surface area contributed by atoms with Gasteiger partial charge < -0.3 is 10.5 Å². The van der Waals surface area contributed by atoms with Gasteiger partial charge in [0.25, 0.3) is 0 Å². The molecule has 0 aliphatic rings. The van der Waals surface area contributed by atoms with Crippen LogP contribution in [0.2, 0.25) is 0 Å². The third kappa shape index (κ3) is 5.55. The smallest absolute Gasteiger partial charge is 0.229 e. The minimum absolute atomic E-state index is 0.0514. The summed E-state index contributed by atoms with van der Waals surface area (Å²) in [4.78, 5) is 4.02. The van der Waals surface area contributed by atoms with Crippen LogP contribution in [0.1, 0.15) is 11.1 Å². The van der Waals surface area contributed by atoms with Gasteiger partial charge in [-0.2, -0.15) is 0 Å². The van der Waals surface area contributed by atoms with Gasteiger partial charge in [0.2, 0.25) is 12.8 Å². The van der Waals surface area contributed by atoms with E-state index >= 15 is 0 Å². The van der Waals surface area contributed by atoms with E-state index in [1.165, 1.54) is 0 Å². The van der Waals surface area contributed by atoms with Crippen molar-refractivity contribution in [1.29, 1.82) is 0 Å². The molecule has 6 heteroatoms. The Balaban J connectivity index is 0.000000673. The minimum atomic E-state index is -1.75. The molecule has 0 saturated carbocycles. The summed E-state index contributed by atoms with van der Waals surface area (Å²) in [7, 11) is 0. The third-order valence-electron chi connectivity index (χ3n) is 1.64. The van der Waals surface area contributed by atoms with Crippen LogP contribution < -0.4 is 10.5 Å². The maximum Gasteiger partial charge on any atom is 0.229 e. The maximum atomic E-state index is 11.8. The molecule has 0 atom stereocenters. The van der Waals surface area contributed by atoms with Crippen molar-refractivity contribution in [2.75, 3.05) is 20.2 Å². The summed E-state index contributed by atoms with van der Waals surface area (Å²) in [5.74, 6) is 0.481. The first-order valence-corrected chi connectivity index (χ1v) is 4.65. The zero-order valence-corrected chi connectivity index (χ0v) is 9.05. The summed E-state index contributed by atoms with van der Waals surface area (Å²) in [5, 5.41) is 0. The van der Waals surface area contributed by atoms with Crippen LogP contribution in [0.3, 0.4) is 0 Å². The standard InChI is InChI=1S/C9H13FN2O.CH2F2/c1-7-4-8(5-11)6-12-9(7)13-3-2-10;2-1-3/h4,6H,2-3,5,11H2,1H3;1H2. The Labute approximate surface area is 92.4 Å². The number of alkyl halides is 3. The van der Waals surface area contributed by atoms with Crippen LogP contribution in [0.25, 0.3) is 0 Å². The predicted molar refractivity (Wildman–Crippen MR) is 55.4 cm³/mol. The Kier molecular flexibility index (Phi) is 8.24. The van der Waals surface area contributed by atoms with Gasteiger partial charge in [-0.3, -0.25) is 0 Å². The quantitative estimate of drug-likeness (QED) is 0.870. The summed E-state index contributed by atoms with van der Waals surface area (Å²) in [6, 6.07) is 1.89. The highest BCUT2D eigenvalue weighted by Gasteiger charge is 2.01. The molecule has 1 heterocycles. The molecule has 16 heavy (non-hydrogen) atoms. The van der Waals surface area contributed by atoms with Crippen LogP contribution in [0.5, 0.6) is 5.88 Å². The van der Waals surface area contributed by atoms with Gasteiger partial charge in [0.15, 0.2) is 0 Å². The monoisotopic (exact) mass is 236 g/mol. The molecule has 1 aromatic rings. The molecule has 0 saturated heterocycles. The number of halogens is 3. The van der Waals surface area contributed by atoms with Crippen molar-refractivity contribution in [3.05, 3.63) is 23.4 Å². The lowest BCUT2D eigenvalue weighted by molar-refractivity contribution is 0.263. The van der Waals surface area contributed by atoms with Gasteiger partial charge in [-0.15, -0.1) is 0 Å². The van der Waals surface area contributed by atoms with E-state index in [0.29, 0.717) is 12.4 Å². The van der Waals surface area contributed by atoms with Crippen LogP contribution in [0, 0.1) is 6.92 Å². The second-order valence-electron chi connectivity index (χ2n) is 2.81. The topological polar surface area (TPSA) is 48.1 Å². The molecule has 3 nitrogen and oxygen atoms in total. The zero-order chi connectivity index (χ0) is 12.4. The van der Waals surface area contributed by atoms with E-state index in [4.69, 9.17) is 10.5 Å². The SMILES string of the molecule is Cc1cc(CN)cnc1OCCF.FCF. The van der Waals surface area contributed by atoms with Crippen molar-refractivity contribution in [3.8, 4) is 5.88 Å². The first-order valence-electron chi connectivity index (χ1n) is 4.65. The third-order valence-corrected chi connectivity index (χ3v) is 1.64. The van der Waals surface area contributed by atoms with E-state index in [1.807, 2.05) is 13.0 Å². The minimum Gasteiger partial charge on any atom is -0.475 e. The molecule has 0 unspecified atom stereocenters. The number of nitrogens with zero attached hydrogens (tertiary/aromatic N) is 1. The summed E-state index contributed by atoms with van der Waals surface area (Å²) in [6.45, 7) is 0.118. The average Bonchev–Trinajstić information content (AvgIpc) is 2.28. The highest BCUT2D eigenvalue weighted by atomic mass is 19.3. The molecule has 1 aromatic heterocycles. The van der Waals surface area contributed by atoms with Gasteiger partial charge in [-0.05, 0) is 18.6 Å². The van der Waals surface area contributed by atoms with E-state index in [1.54, 1.807) is 6.20 Å². The lowest BCUT2D eigenvalue weighted by Crippen LogP contribution is -2.04. The lowest BCUT2D eigenvalue weighted by Gasteiger charge is -2.06. The van der Waals surface area contributed by atoms with Crippen molar-refractivity contribution in [2.24, 2.45) is 5.73 Å². The molecule has 0 aromatic carbocycles. The zero-order valence-electron chi connectivity index (χ0n) is 9.05. The molecular formula is C10H15F3N2O. The normalized spacial score (nSPS) is 9.31. The van der Waals surface area contributed by atoms with Gasteiger partial charge in [0, 0.05) is 18.3 Å². The van der Waals surface area contributed by atoms with Crippen molar-refractivity contribution in [3.63, 3.8) is 0 Å². The van der Waals surface area contributed by atoms with Crippen LogP contribution >= 0.6 is 0 Å². The Bertz CT molecular complexity index is 297. The van der Waals surface area contributed by atoms with Gasteiger partial charge in [-0.25, -0.2) is 18.2 Å². The molecule has 92 valence electrons. The molecule has 0 radical (unpaired) electrons. The number of aryl methyl sites for hydroxylation is 1. The second-order valence-corrected chi connectivity index (χ2v) is 2.81. The molecule has 1 rings (SSSR count). The summed E-state index contributed by atoms with van der Waals surface area (Å²) >= 11 is 0. The lowest BCUT2D eigenvalue weighted by atomic mass is 10.2. The van der Waals surface area contributed by atoms with Gasteiger partial charge in [0.05, 0.1) is 0 Å². The Morgan fingerprint density at radius 1 is 1.38 bits per heavy atom. The average molecular weight is 236 g/mol. The van der Waals surface area contributed by atoms with Gasteiger partial charge >= 0.3 is 0 Å². The highest BCUT2D eigenvalue weighted by molar-refractivity contribution is 5.28. The first-order chi connectivity index (χ1) is 7.69. The number of pyridine rings is 1. The maximum absolute atomic E-state index is 11.8. The molecule has 0 fully saturated rings. The first kappa shape index (κ1) is 14.7. The molecular weight excluding hydrogens is 221 g/mol. The van der Waals surface area contributed by atoms with Crippen LogP contribution in [-0.4, -0.2) is 25.2 Å². The number of rotatable bonds is 4. The summed E-state index contributed by atoms with van der Waals surface area (Å²) in [5.41, 5.74) is 7.26. The fraction of sp³-hybridized carbons (Fsp3) is 0.500. The fourth-order valence-corrected chi connectivity index (χ4v) is 1.02. The highest BCUT2D eigenvalue weighted by Crippen LogP contribution is 2.14. The molecule has 0 bridgehead atoms. The number of aromatic nitrogens is 1.